The molecule has 0 saturated carbocycles. The number of rotatable bonds is 4. The van der Waals surface area contributed by atoms with E-state index in [9.17, 15) is 4.79 Å². The van der Waals surface area contributed by atoms with Crippen molar-refractivity contribution in [1.29, 1.82) is 0 Å². The lowest BCUT2D eigenvalue weighted by Crippen LogP contribution is -2.40. The fourth-order valence-corrected chi connectivity index (χ4v) is 4.47. The number of hydrogen-bond acceptors (Lipinski definition) is 5. The summed E-state index contributed by atoms with van der Waals surface area (Å²) < 4.78 is 2.19. The van der Waals surface area contributed by atoms with Crippen molar-refractivity contribution in [1.82, 2.24) is 30.0 Å². The molecule has 1 unspecified atom stereocenters. The smallest absolute Gasteiger partial charge is 0.270 e. The molecule has 1 aliphatic rings. The van der Waals surface area contributed by atoms with Gasteiger partial charge in [-0.2, -0.15) is 5.10 Å². The quantitative estimate of drug-likeness (QED) is 0.545. The Morgan fingerprint density at radius 1 is 1.28 bits per heavy atom. The van der Waals surface area contributed by atoms with Crippen LogP contribution in [-0.2, 0) is 13.0 Å². The summed E-state index contributed by atoms with van der Waals surface area (Å²) in [5.74, 6) is 0.847. The molecule has 0 spiro atoms. The van der Waals surface area contributed by atoms with Crippen LogP contribution in [0.1, 0.15) is 28.4 Å². The zero-order valence-corrected chi connectivity index (χ0v) is 16.7. The van der Waals surface area contributed by atoms with Crippen molar-refractivity contribution < 1.29 is 4.79 Å². The lowest BCUT2D eigenvalue weighted by molar-refractivity contribution is 0.0926. The van der Waals surface area contributed by atoms with Crippen LogP contribution in [0.25, 0.3) is 21.8 Å². The molecular formula is C21H20N6OS. The van der Waals surface area contributed by atoms with E-state index in [0.29, 0.717) is 12.1 Å². The highest BCUT2D eigenvalue weighted by molar-refractivity contribution is 7.13. The van der Waals surface area contributed by atoms with E-state index >= 15 is 0 Å². The van der Waals surface area contributed by atoms with Gasteiger partial charge in [0.2, 0.25) is 0 Å². The molecule has 2 N–H and O–H groups in total. The minimum Gasteiger partial charge on any atom is -0.347 e. The Morgan fingerprint density at radius 3 is 2.93 bits per heavy atom. The maximum atomic E-state index is 12.9. The van der Waals surface area contributed by atoms with Gasteiger partial charge in [0.05, 0.1) is 17.5 Å². The molecule has 29 heavy (non-hydrogen) atoms. The van der Waals surface area contributed by atoms with Crippen LogP contribution in [0.3, 0.4) is 0 Å². The monoisotopic (exact) mass is 404 g/mol. The lowest BCUT2D eigenvalue weighted by atomic mass is 10.1. The fourth-order valence-electron chi connectivity index (χ4n) is 3.66. The van der Waals surface area contributed by atoms with Crippen LogP contribution >= 0.6 is 11.3 Å². The Labute approximate surface area is 171 Å². The highest BCUT2D eigenvalue weighted by Gasteiger charge is 2.25. The number of thiazole rings is 1. The van der Waals surface area contributed by atoms with Crippen molar-refractivity contribution in [2.24, 2.45) is 0 Å². The molecule has 0 aliphatic carbocycles. The van der Waals surface area contributed by atoms with Crippen LogP contribution in [0.5, 0.6) is 0 Å². The third-order valence-electron chi connectivity index (χ3n) is 5.13. The average molecular weight is 404 g/mol. The predicted molar refractivity (Wildman–Crippen MR) is 112 cm³/mol. The lowest BCUT2D eigenvalue weighted by Gasteiger charge is -2.24. The van der Waals surface area contributed by atoms with Crippen molar-refractivity contribution >= 4 is 17.2 Å². The molecule has 0 fully saturated rings. The van der Waals surface area contributed by atoms with Gasteiger partial charge in [0.25, 0.3) is 5.91 Å². The summed E-state index contributed by atoms with van der Waals surface area (Å²) in [6.45, 7) is 2.77. The zero-order valence-electron chi connectivity index (χ0n) is 15.9. The number of amides is 1. The highest BCUT2D eigenvalue weighted by Crippen LogP contribution is 2.26. The van der Waals surface area contributed by atoms with Crippen molar-refractivity contribution in [3.8, 4) is 21.8 Å². The van der Waals surface area contributed by atoms with Crippen LogP contribution in [0.4, 0.5) is 0 Å². The first-order valence-electron chi connectivity index (χ1n) is 9.55. The van der Waals surface area contributed by atoms with Crippen molar-refractivity contribution in [3.05, 3.63) is 65.3 Å². The molecule has 4 aromatic rings. The molecule has 1 atom stereocenters. The van der Waals surface area contributed by atoms with Crippen LogP contribution in [0.2, 0.25) is 0 Å². The van der Waals surface area contributed by atoms with E-state index in [1.807, 2.05) is 30.5 Å². The molecule has 4 heterocycles. The second kappa shape index (κ2) is 7.29. The third kappa shape index (κ3) is 3.47. The van der Waals surface area contributed by atoms with Crippen LogP contribution in [-0.4, -0.2) is 36.7 Å². The summed E-state index contributed by atoms with van der Waals surface area (Å²) in [6, 6.07) is 10.2. The van der Waals surface area contributed by atoms with Gasteiger partial charge in [0.1, 0.15) is 16.5 Å². The van der Waals surface area contributed by atoms with Crippen molar-refractivity contribution in [3.63, 3.8) is 0 Å². The molecule has 0 bridgehead atoms. The maximum absolute atomic E-state index is 12.9. The first kappa shape index (κ1) is 17.8. The summed E-state index contributed by atoms with van der Waals surface area (Å²) in [5.41, 5.74) is 4.21. The average Bonchev–Trinajstić information content (AvgIpc) is 3.47. The van der Waals surface area contributed by atoms with Crippen LogP contribution in [0, 0.1) is 6.92 Å². The summed E-state index contributed by atoms with van der Waals surface area (Å²) in [4.78, 5) is 22.1. The van der Waals surface area contributed by atoms with Crippen LogP contribution < -0.4 is 5.32 Å². The Balaban J connectivity index is 1.32. The van der Waals surface area contributed by atoms with Gasteiger partial charge in [-0.05, 0) is 13.3 Å². The number of H-pyrrole nitrogens is 1. The predicted octanol–water partition coefficient (Wildman–Crippen LogP) is 3.45. The first-order valence-corrected chi connectivity index (χ1v) is 10.4. The van der Waals surface area contributed by atoms with E-state index < -0.39 is 0 Å². The SMILES string of the molecule is Cc1csc(-c2cn[nH]c2C(=O)NC2CCn3cc(-c4ccccc4)nc3C2)n1. The topological polar surface area (TPSA) is 88.5 Å². The molecule has 7 nitrogen and oxygen atoms in total. The molecule has 0 radical (unpaired) electrons. The molecule has 0 saturated heterocycles. The number of nitrogens with zero attached hydrogens (tertiary/aromatic N) is 4. The Hall–Kier alpha value is -3.26. The van der Waals surface area contributed by atoms with Gasteiger partial charge in [-0.15, -0.1) is 11.3 Å². The molecule has 146 valence electrons. The van der Waals surface area contributed by atoms with Gasteiger partial charge in [-0.3, -0.25) is 9.89 Å². The minimum absolute atomic E-state index is 0.0372. The number of aryl methyl sites for hydroxylation is 2. The number of nitrogens with one attached hydrogen (secondary N) is 2. The van der Waals surface area contributed by atoms with Crippen molar-refractivity contribution in [2.75, 3.05) is 0 Å². The molecule has 1 aromatic carbocycles. The molecule has 1 aliphatic heterocycles. The van der Waals surface area contributed by atoms with E-state index in [0.717, 1.165) is 46.3 Å². The summed E-state index contributed by atoms with van der Waals surface area (Å²) in [5, 5.41) is 12.8. The van der Waals surface area contributed by atoms with Gasteiger partial charge >= 0.3 is 0 Å². The maximum Gasteiger partial charge on any atom is 0.270 e. The number of imidazole rings is 1. The normalized spacial score (nSPS) is 15.8. The van der Waals surface area contributed by atoms with Crippen LogP contribution in [0.15, 0.2) is 48.1 Å². The van der Waals surface area contributed by atoms with E-state index in [2.05, 4.69) is 43.4 Å². The molecule has 3 aromatic heterocycles. The Bertz CT molecular complexity index is 1160. The van der Waals surface area contributed by atoms with Gasteiger partial charge in [0.15, 0.2) is 0 Å². The Kier molecular flexibility index (Phi) is 4.48. The van der Waals surface area contributed by atoms with E-state index in [-0.39, 0.29) is 11.9 Å². The number of carbonyl (C=O) groups excluding carboxylic acids is 1. The van der Waals surface area contributed by atoms with E-state index in [1.54, 1.807) is 6.20 Å². The molecular weight excluding hydrogens is 384 g/mol. The second-order valence-corrected chi connectivity index (χ2v) is 8.08. The number of carbonyl (C=O) groups is 1. The molecule has 1 amide bonds. The first-order chi connectivity index (χ1) is 14.2. The van der Waals surface area contributed by atoms with E-state index in [1.165, 1.54) is 11.3 Å². The van der Waals surface area contributed by atoms with Gasteiger partial charge in [0, 0.05) is 41.8 Å². The van der Waals surface area contributed by atoms with Gasteiger partial charge in [-0.25, -0.2) is 9.97 Å². The number of fused-ring (bicyclic) bond motifs is 1. The van der Waals surface area contributed by atoms with Gasteiger partial charge < -0.3 is 9.88 Å². The highest BCUT2D eigenvalue weighted by atomic mass is 32.1. The van der Waals surface area contributed by atoms with E-state index in [4.69, 9.17) is 4.98 Å². The minimum atomic E-state index is -0.154. The summed E-state index contributed by atoms with van der Waals surface area (Å²) in [6.07, 6.45) is 5.33. The summed E-state index contributed by atoms with van der Waals surface area (Å²) in [7, 11) is 0. The fraction of sp³-hybridized carbons (Fsp3) is 0.238. The molecule has 5 rings (SSSR count). The largest absolute Gasteiger partial charge is 0.347 e. The second-order valence-electron chi connectivity index (χ2n) is 7.22. The number of benzene rings is 1. The number of aromatic amines is 1. The molecule has 8 heteroatoms. The number of aromatic nitrogens is 5. The third-order valence-corrected chi connectivity index (χ3v) is 6.12. The standard InChI is InChI=1S/C21H20N6OS/c1-13-12-29-21(23-13)16-10-22-26-19(16)20(28)24-15-7-8-27-11-17(25-18(27)9-15)14-5-3-2-4-6-14/h2-6,10-12,15H,7-9H2,1H3,(H,22,26)(H,24,28). The number of hydrogen-bond donors (Lipinski definition) is 2. The van der Waals surface area contributed by atoms with Gasteiger partial charge in [-0.1, -0.05) is 30.3 Å². The summed E-state index contributed by atoms with van der Waals surface area (Å²) >= 11 is 1.51. The van der Waals surface area contributed by atoms with Crippen molar-refractivity contribution in [2.45, 2.75) is 32.4 Å². The Morgan fingerprint density at radius 2 is 2.14 bits per heavy atom. The zero-order chi connectivity index (χ0) is 19.8.